The van der Waals surface area contributed by atoms with E-state index in [2.05, 4.69) is 10.2 Å². The number of nitrogens with two attached hydrogens (primary N) is 1. The number of ether oxygens (including phenoxy) is 1. The average Bonchev–Trinajstić information content (AvgIpc) is 2.82. The third kappa shape index (κ3) is 3.75. The van der Waals surface area contributed by atoms with Crippen LogP contribution in [0, 0.1) is 6.92 Å². The minimum Gasteiger partial charge on any atom is -0.484 e. The molecule has 1 aromatic heterocycles. The van der Waals surface area contributed by atoms with E-state index in [0.29, 0.717) is 17.7 Å². The van der Waals surface area contributed by atoms with Crippen molar-refractivity contribution in [2.75, 3.05) is 12.3 Å². The second-order valence-electron chi connectivity index (χ2n) is 3.70. The van der Waals surface area contributed by atoms with Crippen molar-refractivity contribution >= 4 is 11.8 Å². The molecule has 5 nitrogen and oxygen atoms in total. The summed E-state index contributed by atoms with van der Waals surface area (Å²) in [6.45, 7) is 2.88. The molecule has 0 amide bonds. The summed E-state index contributed by atoms with van der Waals surface area (Å²) in [6, 6.07) is 7.82. The zero-order valence-electron chi connectivity index (χ0n) is 10.1. The molecule has 0 saturated heterocycles. The predicted molar refractivity (Wildman–Crippen MR) is 69.6 cm³/mol. The van der Waals surface area contributed by atoms with Crippen molar-refractivity contribution in [2.24, 2.45) is 5.73 Å². The van der Waals surface area contributed by atoms with Crippen molar-refractivity contribution in [1.29, 1.82) is 0 Å². The standard InChI is InChI=1S/C12H15N3O2S/c1-9-3-2-4-10(7-9)16-8-11-14-15-12(17-11)18-6-5-13/h2-4,7H,5-6,8,13H2,1H3. The molecule has 18 heavy (non-hydrogen) atoms. The number of nitrogens with zero attached hydrogens (tertiary/aromatic N) is 2. The topological polar surface area (TPSA) is 74.2 Å². The summed E-state index contributed by atoms with van der Waals surface area (Å²) >= 11 is 1.44. The molecule has 0 aliphatic carbocycles. The smallest absolute Gasteiger partial charge is 0.276 e. The van der Waals surface area contributed by atoms with Crippen molar-refractivity contribution in [3.63, 3.8) is 0 Å². The van der Waals surface area contributed by atoms with Gasteiger partial charge in [0.15, 0.2) is 6.61 Å². The van der Waals surface area contributed by atoms with E-state index in [-0.39, 0.29) is 6.61 Å². The van der Waals surface area contributed by atoms with Crippen LogP contribution in [0.3, 0.4) is 0 Å². The minimum absolute atomic E-state index is 0.277. The van der Waals surface area contributed by atoms with E-state index in [1.807, 2.05) is 31.2 Å². The van der Waals surface area contributed by atoms with Crippen LogP contribution in [0.5, 0.6) is 5.75 Å². The fourth-order valence-electron chi connectivity index (χ4n) is 1.35. The van der Waals surface area contributed by atoms with Gasteiger partial charge in [-0.15, -0.1) is 10.2 Å². The maximum atomic E-state index is 5.56. The molecule has 0 aliphatic heterocycles. The SMILES string of the molecule is Cc1cccc(OCc2nnc(SCCN)o2)c1. The molecular formula is C12H15N3O2S. The van der Waals surface area contributed by atoms with Crippen LogP contribution in [0.4, 0.5) is 0 Å². The zero-order valence-corrected chi connectivity index (χ0v) is 10.9. The van der Waals surface area contributed by atoms with Gasteiger partial charge in [-0.3, -0.25) is 0 Å². The fraction of sp³-hybridized carbons (Fsp3) is 0.333. The van der Waals surface area contributed by atoms with Crippen molar-refractivity contribution < 1.29 is 9.15 Å². The molecule has 0 radical (unpaired) electrons. The van der Waals surface area contributed by atoms with Crippen LogP contribution in [-0.2, 0) is 6.61 Å². The Labute approximate surface area is 110 Å². The number of hydrogen-bond donors (Lipinski definition) is 1. The number of benzene rings is 1. The largest absolute Gasteiger partial charge is 0.484 e. The van der Waals surface area contributed by atoms with E-state index >= 15 is 0 Å². The van der Waals surface area contributed by atoms with Gasteiger partial charge in [0.05, 0.1) is 0 Å². The lowest BCUT2D eigenvalue weighted by atomic mass is 10.2. The summed E-state index contributed by atoms with van der Waals surface area (Å²) in [4.78, 5) is 0. The van der Waals surface area contributed by atoms with Crippen LogP contribution in [0.15, 0.2) is 33.9 Å². The maximum absolute atomic E-state index is 5.56. The molecule has 0 spiro atoms. The van der Waals surface area contributed by atoms with Gasteiger partial charge in [-0.2, -0.15) is 0 Å². The van der Waals surface area contributed by atoms with Gasteiger partial charge in [0.25, 0.3) is 11.1 Å². The Kier molecular flexibility index (Phi) is 4.60. The molecule has 1 heterocycles. The van der Waals surface area contributed by atoms with Crippen molar-refractivity contribution in [2.45, 2.75) is 18.8 Å². The summed E-state index contributed by atoms with van der Waals surface area (Å²) in [6.07, 6.45) is 0. The van der Waals surface area contributed by atoms with Crippen molar-refractivity contribution in [3.05, 3.63) is 35.7 Å². The zero-order chi connectivity index (χ0) is 12.8. The average molecular weight is 265 g/mol. The Morgan fingerprint density at radius 3 is 3.06 bits per heavy atom. The summed E-state index contributed by atoms with van der Waals surface area (Å²) in [5.41, 5.74) is 6.55. The molecule has 0 atom stereocenters. The van der Waals surface area contributed by atoms with Gasteiger partial charge in [0, 0.05) is 12.3 Å². The quantitative estimate of drug-likeness (QED) is 0.805. The third-order valence-corrected chi connectivity index (χ3v) is 3.00. The number of hydrogen-bond acceptors (Lipinski definition) is 6. The van der Waals surface area contributed by atoms with Gasteiger partial charge >= 0.3 is 0 Å². The monoisotopic (exact) mass is 265 g/mol. The van der Waals surface area contributed by atoms with E-state index in [0.717, 1.165) is 17.1 Å². The van der Waals surface area contributed by atoms with Crippen molar-refractivity contribution in [3.8, 4) is 5.75 Å². The lowest BCUT2D eigenvalue weighted by Gasteiger charge is -2.03. The number of aromatic nitrogens is 2. The molecular weight excluding hydrogens is 250 g/mol. The van der Waals surface area contributed by atoms with E-state index in [1.54, 1.807) is 0 Å². The van der Waals surface area contributed by atoms with Crippen molar-refractivity contribution in [1.82, 2.24) is 10.2 Å². The molecule has 6 heteroatoms. The Morgan fingerprint density at radius 1 is 1.39 bits per heavy atom. The van der Waals surface area contributed by atoms with E-state index in [9.17, 15) is 0 Å². The molecule has 2 rings (SSSR count). The highest BCUT2D eigenvalue weighted by Crippen LogP contribution is 2.17. The van der Waals surface area contributed by atoms with Gasteiger partial charge in [-0.25, -0.2) is 0 Å². The van der Waals surface area contributed by atoms with Gasteiger partial charge in [0.2, 0.25) is 0 Å². The Bertz CT molecular complexity index is 502. The van der Waals surface area contributed by atoms with Crippen LogP contribution in [-0.4, -0.2) is 22.5 Å². The summed E-state index contributed by atoms with van der Waals surface area (Å²) in [7, 11) is 0. The number of rotatable bonds is 6. The molecule has 0 fully saturated rings. The maximum Gasteiger partial charge on any atom is 0.276 e. The Morgan fingerprint density at radius 2 is 2.28 bits per heavy atom. The molecule has 2 aromatic rings. The fourth-order valence-corrected chi connectivity index (χ4v) is 1.90. The first-order valence-electron chi connectivity index (χ1n) is 5.62. The summed E-state index contributed by atoms with van der Waals surface area (Å²) in [5, 5.41) is 8.33. The lowest BCUT2D eigenvalue weighted by Crippen LogP contribution is -2.00. The summed E-state index contributed by atoms with van der Waals surface area (Å²) < 4.78 is 11.0. The van der Waals surface area contributed by atoms with Crippen LogP contribution in [0.25, 0.3) is 0 Å². The first-order valence-corrected chi connectivity index (χ1v) is 6.61. The van der Waals surface area contributed by atoms with E-state index in [1.165, 1.54) is 11.8 Å². The van der Waals surface area contributed by atoms with Gasteiger partial charge in [-0.1, -0.05) is 23.9 Å². The molecule has 1 aromatic carbocycles. The van der Waals surface area contributed by atoms with Gasteiger partial charge in [0.1, 0.15) is 5.75 Å². The van der Waals surface area contributed by atoms with Crippen LogP contribution >= 0.6 is 11.8 Å². The highest BCUT2D eigenvalue weighted by molar-refractivity contribution is 7.99. The molecule has 0 saturated carbocycles. The normalized spacial score (nSPS) is 10.6. The Hall–Kier alpha value is -1.53. The third-order valence-electron chi connectivity index (χ3n) is 2.14. The second kappa shape index (κ2) is 6.42. The highest BCUT2D eigenvalue weighted by Gasteiger charge is 2.06. The first kappa shape index (κ1) is 12.9. The van der Waals surface area contributed by atoms with Crippen LogP contribution in [0.1, 0.15) is 11.5 Å². The number of thioether (sulfide) groups is 1. The van der Waals surface area contributed by atoms with E-state index in [4.69, 9.17) is 14.9 Å². The lowest BCUT2D eigenvalue weighted by molar-refractivity contribution is 0.252. The highest BCUT2D eigenvalue weighted by atomic mass is 32.2. The molecule has 0 aliphatic rings. The van der Waals surface area contributed by atoms with Gasteiger partial charge < -0.3 is 14.9 Å². The molecule has 0 unspecified atom stereocenters. The molecule has 0 bridgehead atoms. The predicted octanol–water partition coefficient (Wildman–Crippen LogP) is 2.01. The van der Waals surface area contributed by atoms with Gasteiger partial charge in [-0.05, 0) is 24.6 Å². The molecule has 96 valence electrons. The number of aryl methyl sites for hydroxylation is 1. The minimum atomic E-state index is 0.277. The molecule has 2 N–H and O–H groups in total. The van der Waals surface area contributed by atoms with Crippen LogP contribution < -0.4 is 10.5 Å². The van der Waals surface area contributed by atoms with E-state index < -0.39 is 0 Å². The second-order valence-corrected chi connectivity index (χ2v) is 4.75. The first-order chi connectivity index (χ1) is 8.78. The summed E-state index contributed by atoms with van der Waals surface area (Å²) in [5.74, 6) is 2.03. The Balaban J connectivity index is 1.88. The van der Waals surface area contributed by atoms with Crippen LogP contribution in [0.2, 0.25) is 0 Å².